The summed E-state index contributed by atoms with van der Waals surface area (Å²) in [5.41, 5.74) is 1.76. The summed E-state index contributed by atoms with van der Waals surface area (Å²) in [6.45, 7) is 0.264. The maximum absolute atomic E-state index is 11.9. The summed E-state index contributed by atoms with van der Waals surface area (Å²) in [6, 6.07) is 14.5. The van der Waals surface area contributed by atoms with Gasteiger partial charge in [0.2, 0.25) is 0 Å². The largest absolute Gasteiger partial charge is 0.269 e. The van der Waals surface area contributed by atoms with Crippen molar-refractivity contribution in [3.63, 3.8) is 0 Å². The zero-order valence-corrected chi connectivity index (χ0v) is 12.0. The minimum atomic E-state index is -0.459. The maximum atomic E-state index is 11.9. The van der Waals surface area contributed by atoms with Crippen LogP contribution in [0.5, 0.6) is 0 Å². The van der Waals surface area contributed by atoms with Crippen molar-refractivity contribution >= 4 is 5.69 Å². The first-order valence-corrected chi connectivity index (χ1v) is 6.86. The second-order valence-corrected chi connectivity index (χ2v) is 4.84. The number of nitro groups is 1. The Morgan fingerprint density at radius 1 is 1.04 bits per heavy atom. The molecule has 0 spiro atoms. The van der Waals surface area contributed by atoms with Crippen molar-refractivity contribution in [3.8, 4) is 11.3 Å². The first-order valence-electron chi connectivity index (χ1n) is 6.86. The van der Waals surface area contributed by atoms with E-state index < -0.39 is 4.92 Å². The van der Waals surface area contributed by atoms with E-state index in [1.54, 1.807) is 30.5 Å². The molecule has 3 aromatic rings. The van der Waals surface area contributed by atoms with Crippen molar-refractivity contribution < 1.29 is 4.92 Å². The van der Waals surface area contributed by atoms with Gasteiger partial charge < -0.3 is 0 Å². The molecule has 0 atom stereocenters. The Balaban J connectivity index is 1.93. The lowest BCUT2D eigenvalue weighted by atomic mass is 10.1. The maximum Gasteiger partial charge on any atom is 0.269 e. The minimum Gasteiger partial charge on any atom is -0.268 e. The number of rotatable bonds is 4. The molecule has 0 fully saturated rings. The molecule has 0 bridgehead atoms. The highest BCUT2D eigenvalue weighted by Gasteiger charge is 2.08. The number of pyridine rings is 1. The van der Waals surface area contributed by atoms with Gasteiger partial charge in [-0.15, -0.1) is 0 Å². The van der Waals surface area contributed by atoms with Crippen LogP contribution in [0.25, 0.3) is 11.3 Å². The van der Waals surface area contributed by atoms with Crippen molar-refractivity contribution in [2.45, 2.75) is 6.54 Å². The van der Waals surface area contributed by atoms with Crippen LogP contribution in [0.2, 0.25) is 0 Å². The third-order valence-corrected chi connectivity index (χ3v) is 3.28. The molecule has 2 aromatic heterocycles. The second-order valence-electron chi connectivity index (χ2n) is 4.84. The lowest BCUT2D eigenvalue weighted by Crippen LogP contribution is -2.23. The van der Waals surface area contributed by atoms with Gasteiger partial charge in [0.15, 0.2) is 0 Å². The molecular formula is C16H12N4O3. The second kappa shape index (κ2) is 6.18. The minimum absolute atomic E-state index is 0.00978. The first-order chi connectivity index (χ1) is 11.1. The van der Waals surface area contributed by atoms with Crippen LogP contribution in [0.1, 0.15) is 5.69 Å². The molecule has 0 aliphatic carbocycles. The van der Waals surface area contributed by atoms with E-state index in [0.717, 1.165) is 5.69 Å². The lowest BCUT2D eigenvalue weighted by Gasteiger charge is -2.06. The van der Waals surface area contributed by atoms with Crippen LogP contribution in [0.3, 0.4) is 0 Å². The molecule has 0 saturated carbocycles. The van der Waals surface area contributed by atoms with E-state index in [9.17, 15) is 14.9 Å². The summed E-state index contributed by atoms with van der Waals surface area (Å²) in [6.07, 6.45) is 1.65. The molecule has 114 valence electrons. The fraction of sp³-hybridized carbons (Fsp3) is 0.0625. The average molecular weight is 308 g/mol. The highest BCUT2D eigenvalue weighted by atomic mass is 16.6. The van der Waals surface area contributed by atoms with Crippen LogP contribution < -0.4 is 5.56 Å². The predicted molar refractivity (Wildman–Crippen MR) is 83.9 cm³/mol. The normalized spacial score (nSPS) is 10.4. The zero-order chi connectivity index (χ0) is 16.2. The van der Waals surface area contributed by atoms with Gasteiger partial charge in [-0.05, 0) is 30.3 Å². The highest BCUT2D eigenvalue weighted by molar-refractivity contribution is 5.60. The average Bonchev–Trinajstić information content (AvgIpc) is 2.58. The van der Waals surface area contributed by atoms with Gasteiger partial charge in [-0.3, -0.25) is 19.9 Å². The molecule has 0 aliphatic heterocycles. The number of aromatic nitrogens is 3. The number of nitrogens with zero attached hydrogens (tertiary/aromatic N) is 4. The standard InChI is InChI=1S/C16H12N4O3/c21-16-9-8-15(12-4-6-14(7-5-12)20(22)23)18-19(16)11-13-3-1-2-10-17-13/h1-10H,11H2. The zero-order valence-electron chi connectivity index (χ0n) is 12.0. The third kappa shape index (κ3) is 3.29. The van der Waals surface area contributed by atoms with Gasteiger partial charge in [0.05, 0.1) is 22.9 Å². The molecule has 7 heteroatoms. The van der Waals surface area contributed by atoms with Crippen molar-refractivity contribution in [1.29, 1.82) is 0 Å². The SMILES string of the molecule is O=c1ccc(-c2ccc([N+](=O)[O-])cc2)nn1Cc1ccccn1. The highest BCUT2D eigenvalue weighted by Crippen LogP contribution is 2.19. The van der Waals surface area contributed by atoms with E-state index in [1.165, 1.54) is 22.9 Å². The third-order valence-electron chi connectivity index (χ3n) is 3.28. The summed E-state index contributed by atoms with van der Waals surface area (Å²) < 4.78 is 1.32. The van der Waals surface area contributed by atoms with Gasteiger partial charge in [-0.25, -0.2) is 4.68 Å². The van der Waals surface area contributed by atoms with Crippen LogP contribution in [0.15, 0.2) is 65.6 Å². The Kier molecular flexibility index (Phi) is 3.92. The molecule has 0 saturated heterocycles. The van der Waals surface area contributed by atoms with Crippen molar-refractivity contribution in [3.05, 3.63) is 87.0 Å². The molecule has 2 heterocycles. The molecule has 0 unspecified atom stereocenters. The lowest BCUT2D eigenvalue weighted by molar-refractivity contribution is -0.384. The van der Waals surface area contributed by atoms with Crippen LogP contribution in [0.4, 0.5) is 5.69 Å². The Labute approximate surface area is 131 Å². The summed E-state index contributed by atoms with van der Waals surface area (Å²) in [5, 5.41) is 15.0. The van der Waals surface area contributed by atoms with Crippen LogP contribution >= 0.6 is 0 Å². The number of hydrogen-bond donors (Lipinski definition) is 0. The molecule has 0 radical (unpaired) electrons. The van der Waals surface area contributed by atoms with Gasteiger partial charge in [0, 0.05) is 30.0 Å². The van der Waals surface area contributed by atoms with E-state index >= 15 is 0 Å². The number of benzene rings is 1. The van der Waals surface area contributed by atoms with Gasteiger partial charge >= 0.3 is 0 Å². The number of nitro benzene ring substituents is 1. The van der Waals surface area contributed by atoms with E-state index in [2.05, 4.69) is 10.1 Å². The molecule has 3 rings (SSSR count). The summed E-state index contributed by atoms with van der Waals surface area (Å²) in [5.74, 6) is 0. The van der Waals surface area contributed by atoms with Gasteiger partial charge in [-0.2, -0.15) is 5.10 Å². The van der Waals surface area contributed by atoms with E-state index in [0.29, 0.717) is 11.3 Å². The molecule has 0 aliphatic rings. The molecule has 0 amide bonds. The van der Waals surface area contributed by atoms with Gasteiger partial charge in [-0.1, -0.05) is 6.07 Å². The Morgan fingerprint density at radius 2 is 1.83 bits per heavy atom. The molecule has 1 aromatic carbocycles. The number of hydrogen-bond acceptors (Lipinski definition) is 5. The van der Waals surface area contributed by atoms with Gasteiger partial charge in [0.25, 0.3) is 11.2 Å². The summed E-state index contributed by atoms with van der Waals surface area (Å²) in [4.78, 5) is 26.3. The molecule has 7 nitrogen and oxygen atoms in total. The molecular weight excluding hydrogens is 296 g/mol. The van der Waals surface area contributed by atoms with Crippen LogP contribution in [-0.4, -0.2) is 19.7 Å². The predicted octanol–water partition coefficient (Wildman–Crippen LogP) is 2.26. The topological polar surface area (TPSA) is 90.9 Å². The quantitative estimate of drug-likeness (QED) is 0.544. The van der Waals surface area contributed by atoms with Gasteiger partial charge in [0.1, 0.15) is 0 Å². The fourth-order valence-electron chi connectivity index (χ4n) is 2.12. The van der Waals surface area contributed by atoms with Crippen LogP contribution in [0, 0.1) is 10.1 Å². The summed E-state index contributed by atoms with van der Waals surface area (Å²) >= 11 is 0. The van der Waals surface area contributed by atoms with Crippen LogP contribution in [-0.2, 0) is 6.54 Å². The van der Waals surface area contributed by atoms with E-state index in [1.807, 2.05) is 12.1 Å². The number of non-ortho nitro benzene ring substituents is 1. The smallest absolute Gasteiger partial charge is 0.268 e. The molecule has 0 N–H and O–H groups in total. The first kappa shape index (κ1) is 14.6. The van der Waals surface area contributed by atoms with Crippen molar-refractivity contribution in [1.82, 2.24) is 14.8 Å². The Morgan fingerprint density at radius 3 is 2.48 bits per heavy atom. The monoisotopic (exact) mass is 308 g/mol. The Bertz CT molecular complexity index is 889. The van der Waals surface area contributed by atoms with E-state index in [4.69, 9.17) is 0 Å². The van der Waals surface area contributed by atoms with E-state index in [-0.39, 0.29) is 17.8 Å². The van der Waals surface area contributed by atoms with Crippen molar-refractivity contribution in [2.75, 3.05) is 0 Å². The molecule has 23 heavy (non-hydrogen) atoms. The van der Waals surface area contributed by atoms with Crippen molar-refractivity contribution in [2.24, 2.45) is 0 Å². The Hall–Kier alpha value is -3.35. The fourth-order valence-corrected chi connectivity index (χ4v) is 2.12. The summed E-state index contributed by atoms with van der Waals surface area (Å²) in [7, 11) is 0.